The van der Waals surface area contributed by atoms with Gasteiger partial charge in [-0.3, -0.25) is 4.79 Å². The third-order valence-electron chi connectivity index (χ3n) is 5.64. The van der Waals surface area contributed by atoms with E-state index in [1.807, 2.05) is 48.5 Å². The minimum atomic E-state index is -0.0780. The molecule has 30 heavy (non-hydrogen) atoms. The average Bonchev–Trinajstić information content (AvgIpc) is 2.80. The van der Waals surface area contributed by atoms with Crippen molar-refractivity contribution in [2.75, 3.05) is 41.3 Å². The number of benzene rings is 3. The van der Waals surface area contributed by atoms with Crippen LogP contribution in [0.25, 0.3) is 0 Å². The van der Waals surface area contributed by atoms with Crippen molar-refractivity contribution in [2.45, 2.75) is 19.8 Å². The van der Waals surface area contributed by atoms with Gasteiger partial charge in [0.05, 0.1) is 0 Å². The molecule has 0 aromatic heterocycles. The summed E-state index contributed by atoms with van der Waals surface area (Å²) in [5.74, 6) is 0.383. The standard InChI is InChI=1S/C26H28N3O/c1-20(2)21-8-10-22(11-9-21)26(30)27-23-12-14-25(15-13-23)29-18-16-28(17-19-29)24-6-4-3-5-7-24/h3-6,8-15,20H,16-19H2,1-2H3,(H,27,30). The van der Waals surface area contributed by atoms with E-state index < -0.39 is 0 Å². The Morgan fingerprint density at radius 2 is 1.53 bits per heavy atom. The maximum Gasteiger partial charge on any atom is 0.255 e. The lowest BCUT2D eigenvalue weighted by molar-refractivity contribution is 0.102. The highest BCUT2D eigenvalue weighted by Crippen LogP contribution is 2.22. The van der Waals surface area contributed by atoms with Crippen molar-refractivity contribution in [2.24, 2.45) is 0 Å². The molecule has 1 fully saturated rings. The number of anilines is 3. The summed E-state index contributed by atoms with van der Waals surface area (Å²) in [5, 5.41) is 3.00. The van der Waals surface area contributed by atoms with E-state index in [0.29, 0.717) is 11.5 Å². The number of hydrogen-bond donors (Lipinski definition) is 1. The normalized spacial score (nSPS) is 14.1. The minimum absolute atomic E-state index is 0.0780. The summed E-state index contributed by atoms with van der Waals surface area (Å²) >= 11 is 0. The van der Waals surface area contributed by atoms with E-state index >= 15 is 0 Å². The zero-order valence-electron chi connectivity index (χ0n) is 17.6. The van der Waals surface area contributed by atoms with Gasteiger partial charge in [-0.25, -0.2) is 0 Å². The van der Waals surface area contributed by atoms with Crippen molar-refractivity contribution in [3.05, 3.63) is 90.0 Å². The molecule has 1 saturated heterocycles. The number of carbonyl (C=O) groups is 1. The van der Waals surface area contributed by atoms with Crippen molar-refractivity contribution in [1.82, 2.24) is 0 Å². The summed E-state index contributed by atoms with van der Waals surface area (Å²) in [5.41, 5.74) is 5.08. The summed E-state index contributed by atoms with van der Waals surface area (Å²) in [7, 11) is 0. The van der Waals surface area contributed by atoms with Gasteiger partial charge in [-0.2, -0.15) is 0 Å². The van der Waals surface area contributed by atoms with E-state index in [4.69, 9.17) is 0 Å². The zero-order chi connectivity index (χ0) is 20.9. The molecule has 4 heteroatoms. The minimum Gasteiger partial charge on any atom is -0.368 e. The van der Waals surface area contributed by atoms with Gasteiger partial charge in [-0.1, -0.05) is 44.2 Å². The Hall–Kier alpha value is -3.27. The number of carbonyl (C=O) groups excluding carboxylic acids is 1. The largest absolute Gasteiger partial charge is 0.368 e. The first-order valence-corrected chi connectivity index (χ1v) is 10.6. The van der Waals surface area contributed by atoms with E-state index in [0.717, 1.165) is 37.6 Å². The van der Waals surface area contributed by atoms with E-state index in [2.05, 4.69) is 59.3 Å². The summed E-state index contributed by atoms with van der Waals surface area (Å²) in [6, 6.07) is 27.4. The number of amides is 1. The number of rotatable bonds is 5. The van der Waals surface area contributed by atoms with Gasteiger partial charge in [0.15, 0.2) is 0 Å². The lowest BCUT2D eigenvalue weighted by Gasteiger charge is -2.37. The van der Waals surface area contributed by atoms with Crippen molar-refractivity contribution in [3.8, 4) is 0 Å². The Balaban J connectivity index is 1.33. The Bertz CT molecular complexity index is 957. The quantitative estimate of drug-likeness (QED) is 0.642. The van der Waals surface area contributed by atoms with E-state index in [1.165, 1.54) is 11.3 Å². The smallest absolute Gasteiger partial charge is 0.255 e. The van der Waals surface area contributed by atoms with E-state index in [1.54, 1.807) is 0 Å². The topological polar surface area (TPSA) is 35.6 Å². The van der Waals surface area contributed by atoms with E-state index in [9.17, 15) is 4.79 Å². The Morgan fingerprint density at radius 1 is 0.867 bits per heavy atom. The van der Waals surface area contributed by atoms with Gasteiger partial charge in [-0.15, -0.1) is 0 Å². The maximum absolute atomic E-state index is 12.5. The molecule has 0 aliphatic carbocycles. The van der Waals surface area contributed by atoms with Crippen molar-refractivity contribution >= 4 is 23.0 Å². The van der Waals surface area contributed by atoms with Crippen molar-refractivity contribution < 1.29 is 4.79 Å². The SMILES string of the molecule is CC(C)c1ccc(C(=O)Nc2ccc(N3CCN(c4[c]cccc4)CC3)cc2)cc1. The highest BCUT2D eigenvalue weighted by atomic mass is 16.1. The number of nitrogens with one attached hydrogen (secondary N) is 1. The number of para-hydroxylation sites is 1. The molecule has 1 amide bonds. The van der Waals surface area contributed by atoms with Crippen LogP contribution in [0.15, 0.2) is 72.8 Å². The first-order valence-electron chi connectivity index (χ1n) is 10.6. The van der Waals surface area contributed by atoms with Gasteiger partial charge in [0.1, 0.15) is 0 Å². The Kier molecular flexibility index (Phi) is 6.03. The monoisotopic (exact) mass is 398 g/mol. The van der Waals surface area contributed by atoms with Gasteiger partial charge >= 0.3 is 0 Å². The van der Waals surface area contributed by atoms with Crippen LogP contribution in [0.2, 0.25) is 0 Å². The van der Waals surface area contributed by atoms with Gasteiger partial charge < -0.3 is 15.1 Å². The molecule has 3 aromatic carbocycles. The molecule has 153 valence electrons. The molecule has 0 saturated carbocycles. The second kappa shape index (κ2) is 9.04. The van der Waals surface area contributed by atoms with Crippen LogP contribution in [-0.4, -0.2) is 32.1 Å². The predicted octanol–water partition coefficient (Wildman–Crippen LogP) is 5.19. The molecular weight excluding hydrogens is 370 g/mol. The molecule has 1 heterocycles. The summed E-state index contributed by atoms with van der Waals surface area (Å²) in [6.45, 7) is 8.19. The van der Waals surface area contributed by atoms with Crippen LogP contribution in [-0.2, 0) is 0 Å². The number of hydrogen-bond acceptors (Lipinski definition) is 3. The van der Waals surface area contributed by atoms with Gasteiger partial charge in [0.25, 0.3) is 5.91 Å². The summed E-state index contributed by atoms with van der Waals surface area (Å²) in [6.07, 6.45) is 0. The van der Waals surface area contributed by atoms with Crippen LogP contribution in [0.3, 0.4) is 0 Å². The molecule has 0 spiro atoms. The first-order chi connectivity index (χ1) is 14.6. The highest BCUT2D eigenvalue weighted by molar-refractivity contribution is 6.04. The third-order valence-corrected chi connectivity index (χ3v) is 5.64. The fraction of sp³-hybridized carbons (Fsp3) is 0.269. The average molecular weight is 399 g/mol. The van der Waals surface area contributed by atoms with Crippen LogP contribution in [0.4, 0.5) is 17.1 Å². The van der Waals surface area contributed by atoms with Gasteiger partial charge in [-0.05, 0) is 53.9 Å². The molecule has 4 nitrogen and oxygen atoms in total. The van der Waals surface area contributed by atoms with Crippen LogP contribution in [0, 0.1) is 6.07 Å². The Morgan fingerprint density at radius 3 is 2.13 bits per heavy atom. The molecule has 0 unspecified atom stereocenters. The van der Waals surface area contributed by atoms with Crippen LogP contribution < -0.4 is 15.1 Å². The lowest BCUT2D eigenvalue weighted by atomic mass is 10.0. The summed E-state index contributed by atoms with van der Waals surface area (Å²) in [4.78, 5) is 17.3. The molecule has 0 atom stereocenters. The van der Waals surface area contributed by atoms with Crippen LogP contribution >= 0.6 is 0 Å². The summed E-state index contributed by atoms with van der Waals surface area (Å²) < 4.78 is 0. The maximum atomic E-state index is 12.5. The van der Waals surface area contributed by atoms with E-state index in [-0.39, 0.29) is 5.91 Å². The van der Waals surface area contributed by atoms with Crippen LogP contribution in [0.5, 0.6) is 0 Å². The molecule has 4 rings (SSSR count). The van der Waals surface area contributed by atoms with Crippen molar-refractivity contribution in [3.63, 3.8) is 0 Å². The molecular formula is C26H28N3O. The molecule has 1 aliphatic rings. The molecule has 3 aromatic rings. The molecule has 0 bridgehead atoms. The lowest BCUT2D eigenvalue weighted by Crippen LogP contribution is -2.46. The highest BCUT2D eigenvalue weighted by Gasteiger charge is 2.17. The zero-order valence-corrected chi connectivity index (χ0v) is 17.6. The molecule has 1 N–H and O–H groups in total. The first kappa shape index (κ1) is 20.0. The van der Waals surface area contributed by atoms with Crippen LogP contribution in [0.1, 0.15) is 35.7 Å². The van der Waals surface area contributed by atoms with Gasteiger partial charge in [0.2, 0.25) is 0 Å². The molecule has 1 aliphatic heterocycles. The van der Waals surface area contributed by atoms with Crippen molar-refractivity contribution in [1.29, 1.82) is 0 Å². The third kappa shape index (κ3) is 4.65. The number of piperazine rings is 1. The fourth-order valence-electron chi connectivity index (χ4n) is 3.76. The molecule has 1 radical (unpaired) electrons. The number of nitrogens with zero attached hydrogens (tertiary/aromatic N) is 2. The predicted molar refractivity (Wildman–Crippen MR) is 125 cm³/mol. The second-order valence-corrected chi connectivity index (χ2v) is 8.00. The van der Waals surface area contributed by atoms with Gasteiger partial charge in [0, 0.05) is 54.9 Å². The second-order valence-electron chi connectivity index (χ2n) is 8.00. The fourth-order valence-corrected chi connectivity index (χ4v) is 3.76. The Labute approximate surface area is 179 Å².